The van der Waals surface area contributed by atoms with E-state index >= 15 is 0 Å². The minimum atomic E-state index is -0.0121. The van der Waals surface area contributed by atoms with Crippen LogP contribution in [0, 0.1) is 0 Å². The molecule has 3 heterocycles. The number of hydrogen-bond acceptors (Lipinski definition) is 4. The highest BCUT2D eigenvalue weighted by molar-refractivity contribution is 6.54. The van der Waals surface area contributed by atoms with Gasteiger partial charge >= 0.3 is 0 Å². The number of aromatic nitrogens is 1. The maximum absolute atomic E-state index is 12.2. The molecule has 0 aliphatic carbocycles. The first kappa shape index (κ1) is 9.53. The smallest absolute Gasteiger partial charge is 0.230 e. The quantitative estimate of drug-likeness (QED) is 0.704. The summed E-state index contributed by atoms with van der Waals surface area (Å²) in [4.78, 5) is 22.8. The molecule has 1 aromatic carbocycles. The third-order valence-electron chi connectivity index (χ3n) is 3.31. The van der Waals surface area contributed by atoms with Crippen LogP contribution < -0.4 is 4.90 Å². The van der Waals surface area contributed by atoms with Crippen molar-refractivity contribution in [1.82, 2.24) is 4.98 Å². The maximum atomic E-state index is 12.2. The molecule has 2 aliphatic rings. The molecule has 0 atom stereocenters. The van der Waals surface area contributed by atoms with Gasteiger partial charge in [0.25, 0.3) is 0 Å². The number of aliphatic imine (C=N–C) groups is 1. The van der Waals surface area contributed by atoms with E-state index in [-0.39, 0.29) is 5.78 Å². The van der Waals surface area contributed by atoms with Crippen LogP contribution in [0.25, 0.3) is 0 Å². The van der Waals surface area contributed by atoms with Crippen LogP contribution in [-0.2, 0) is 6.54 Å². The lowest BCUT2D eigenvalue weighted by Crippen LogP contribution is -2.32. The summed E-state index contributed by atoms with van der Waals surface area (Å²) in [5.41, 5.74) is 2.71. The van der Waals surface area contributed by atoms with E-state index in [0.717, 1.165) is 16.8 Å². The Balaban J connectivity index is 1.95. The predicted octanol–water partition coefficient (Wildman–Crippen LogP) is 2.33. The van der Waals surface area contributed by atoms with Gasteiger partial charge in [-0.15, -0.1) is 0 Å². The van der Waals surface area contributed by atoms with Gasteiger partial charge in [-0.2, -0.15) is 0 Å². The number of carbonyl (C=O) groups is 1. The van der Waals surface area contributed by atoms with Crippen molar-refractivity contribution in [2.45, 2.75) is 6.54 Å². The first-order valence-electron chi connectivity index (χ1n) is 5.78. The second kappa shape index (κ2) is 3.26. The minimum Gasteiger partial charge on any atom is -0.318 e. The molecule has 0 spiro atoms. The molecule has 0 unspecified atom stereocenters. The number of benzene rings is 1. The zero-order valence-electron chi connectivity index (χ0n) is 9.50. The fourth-order valence-electron chi connectivity index (χ4n) is 2.45. The van der Waals surface area contributed by atoms with Crippen molar-refractivity contribution < 1.29 is 4.79 Å². The number of rotatable bonds is 0. The zero-order chi connectivity index (χ0) is 12.1. The molecular weight excluding hydrogens is 226 g/mol. The summed E-state index contributed by atoms with van der Waals surface area (Å²) in [6.07, 6.45) is 1.70. The van der Waals surface area contributed by atoms with Crippen molar-refractivity contribution in [2.24, 2.45) is 4.99 Å². The number of nitrogens with zero attached hydrogens (tertiary/aromatic N) is 3. The van der Waals surface area contributed by atoms with E-state index in [2.05, 4.69) is 9.98 Å². The Labute approximate surface area is 104 Å². The first-order valence-corrected chi connectivity index (χ1v) is 5.78. The van der Waals surface area contributed by atoms with Gasteiger partial charge in [-0.25, -0.2) is 9.98 Å². The Kier molecular flexibility index (Phi) is 1.73. The van der Waals surface area contributed by atoms with Gasteiger partial charge < -0.3 is 4.90 Å². The van der Waals surface area contributed by atoms with Gasteiger partial charge in [0, 0.05) is 17.3 Å². The number of anilines is 1. The number of ketones is 1. The van der Waals surface area contributed by atoms with E-state index in [1.54, 1.807) is 6.20 Å². The van der Waals surface area contributed by atoms with Crippen LogP contribution in [-0.4, -0.2) is 16.6 Å². The first-order chi connectivity index (χ1) is 8.84. The van der Waals surface area contributed by atoms with Crippen molar-refractivity contribution in [2.75, 3.05) is 4.90 Å². The normalized spacial score (nSPS) is 15.9. The van der Waals surface area contributed by atoms with Crippen molar-refractivity contribution in [3.63, 3.8) is 0 Å². The van der Waals surface area contributed by atoms with Crippen LogP contribution >= 0.6 is 0 Å². The second-order valence-corrected chi connectivity index (χ2v) is 4.35. The van der Waals surface area contributed by atoms with Gasteiger partial charge in [-0.3, -0.25) is 4.79 Å². The monoisotopic (exact) mass is 235 g/mol. The Morgan fingerprint density at radius 1 is 1.11 bits per heavy atom. The van der Waals surface area contributed by atoms with Crippen molar-refractivity contribution in [3.8, 4) is 0 Å². The van der Waals surface area contributed by atoms with Crippen molar-refractivity contribution >= 4 is 23.1 Å². The summed E-state index contributed by atoms with van der Waals surface area (Å²) >= 11 is 0. The van der Waals surface area contributed by atoms with E-state index in [0.29, 0.717) is 18.2 Å². The number of Topliss-reactive ketones (excluding diaryl/α,β-unsaturated/α-hetero) is 1. The third kappa shape index (κ3) is 1.12. The van der Waals surface area contributed by atoms with Crippen LogP contribution in [0.2, 0.25) is 0 Å². The number of fused-ring (bicyclic) bond motifs is 4. The minimum absolute atomic E-state index is 0.0121. The lowest BCUT2D eigenvalue weighted by molar-refractivity contribution is 0.106. The molecule has 18 heavy (non-hydrogen) atoms. The lowest BCUT2D eigenvalue weighted by Gasteiger charge is -2.23. The van der Waals surface area contributed by atoms with Gasteiger partial charge in [0.2, 0.25) is 5.78 Å². The van der Waals surface area contributed by atoms with Gasteiger partial charge in [0.15, 0.2) is 11.7 Å². The number of hydrogen-bond donors (Lipinski definition) is 0. The standard InChI is InChI=1S/C14H9N3O/c18-12-10-5-1-2-6-11(10)17-8-9-4-3-7-15-13(9)16-14(12)17/h1-7H,8H2. The number of amidine groups is 1. The zero-order valence-corrected chi connectivity index (χ0v) is 9.50. The molecule has 0 saturated heterocycles. The van der Waals surface area contributed by atoms with Gasteiger partial charge in [-0.1, -0.05) is 18.2 Å². The molecule has 86 valence electrons. The van der Waals surface area contributed by atoms with E-state index in [4.69, 9.17) is 0 Å². The largest absolute Gasteiger partial charge is 0.318 e. The molecule has 0 fully saturated rings. The molecule has 1 aromatic heterocycles. The lowest BCUT2D eigenvalue weighted by atomic mass is 10.1. The average Bonchev–Trinajstić information content (AvgIpc) is 2.71. The molecular formula is C14H9N3O. The van der Waals surface area contributed by atoms with E-state index in [9.17, 15) is 4.79 Å². The van der Waals surface area contributed by atoms with Crippen LogP contribution in [0.3, 0.4) is 0 Å². The van der Waals surface area contributed by atoms with Crippen LogP contribution in [0.4, 0.5) is 11.5 Å². The van der Waals surface area contributed by atoms with Crippen molar-refractivity contribution in [3.05, 3.63) is 53.7 Å². The molecule has 0 bridgehead atoms. The molecule has 0 N–H and O–H groups in total. The van der Waals surface area contributed by atoms with Gasteiger partial charge in [0.1, 0.15) is 0 Å². The molecule has 4 nitrogen and oxygen atoms in total. The summed E-state index contributed by atoms with van der Waals surface area (Å²) in [6.45, 7) is 0.658. The number of carbonyl (C=O) groups excluding carboxylic acids is 1. The second-order valence-electron chi connectivity index (χ2n) is 4.35. The Bertz CT molecular complexity index is 706. The van der Waals surface area contributed by atoms with E-state index in [1.807, 2.05) is 41.3 Å². The van der Waals surface area contributed by atoms with Crippen LogP contribution in [0.1, 0.15) is 15.9 Å². The fraction of sp³-hybridized carbons (Fsp3) is 0.0714. The summed E-state index contributed by atoms with van der Waals surface area (Å²) < 4.78 is 0. The number of para-hydroxylation sites is 1. The summed E-state index contributed by atoms with van der Waals surface area (Å²) in [5.74, 6) is 1.13. The Hall–Kier alpha value is -2.49. The molecule has 4 rings (SSSR count). The molecule has 4 heteroatoms. The summed E-state index contributed by atoms with van der Waals surface area (Å²) in [7, 11) is 0. The van der Waals surface area contributed by atoms with E-state index in [1.165, 1.54) is 0 Å². The van der Waals surface area contributed by atoms with Crippen molar-refractivity contribution in [1.29, 1.82) is 0 Å². The molecule has 2 aliphatic heterocycles. The molecule has 0 radical (unpaired) electrons. The highest BCUT2D eigenvalue weighted by Gasteiger charge is 2.36. The van der Waals surface area contributed by atoms with Gasteiger partial charge in [-0.05, 0) is 18.2 Å². The fourth-order valence-corrected chi connectivity index (χ4v) is 2.45. The molecule has 2 aromatic rings. The maximum Gasteiger partial charge on any atom is 0.230 e. The van der Waals surface area contributed by atoms with E-state index < -0.39 is 0 Å². The third-order valence-corrected chi connectivity index (χ3v) is 3.31. The number of pyridine rings is 1. The summed E-state index contributed by atoms with van der Waals surface area (Å²) in [5, 5.41) is 0. The van der Waals surface area contributed by atoms with Crippen LogP contribution in [0.5, 0.6) is 0 Å². The predicted molar refractivity (Wildman–Crippen MR) is 68.3 cm³/mol. The molecule has 0 saturated carbocycles. The Morgan fingerprint density at radius 3 is 2.94 bits per heavy atom. The van der Waals surface area contributed by atoms with Crippen LogP contribution in [0.15, 0.2) is 47.6 Å². The molecule has 0 amide bonds. The highest BCUT2D eigenvalue weighted by atomic mass is 16.1. The van der Waals surface area contributed by atoms with Gasteiger partial charge in [0.05, 0.1) is 12.2 Å². The Morgan fingerprint density at radius 2 is 2.00 bits per heavy atom. The SMILES string of the molecule is O=C1C2=Nc3ncccc3CN2c2ccccc21. The topological polar surface area (TPSA) is 45.6 Å². The highest BCUT2D eigenvalue weighted by Crippen LogP contribution is 2.35. The summed E-state index contributed by atoms with van der Waals surface area (Å²) in [6, 6.07) is 11.5. The average molecular weight is 235 g/mol.